The van der Waals surface area contributed by atoms with Crippen molar-refractivity contribution >= 4 is 17.5 Å². The van der Waals surface area contributed by atoms with Crippen LogP contribution in [-0.2, 0) is 4.74 Å². The molecule has 0 amide bonds. The molecule has 0 unspecified atom stereocenters. The fourth-order valence-corrected chi connectivity index (χ4v) is 1.64. The van der Waals surface area contributed by atoms with E-state index in [2.05, 4.69) is 9.72 Å². The highest BCUT2D eigenvalue weighted by atomic mass is 16.5. The first-order valence-electron chi connectivity index (χ1n) is 5.72. The van der Waals surface area contributed by atoms with Crippen LogP contribution >= 0.6 is 0 Å². The number of nitrogen functional groups attached to an aromatic ring is 1. The number of esters is 1. The summed E-state index contributed by atoms with van der Waals surface area (Å²) in [5, 5.41) is 9.04. The van der Waals surface area contributed by atoms with Crippen LogP contribution in [0.4, 0.5) is 11.5 Å². The average molecular weight is 253 g/mol. The van der Waals surface area contributed by atoms with Crippen LogP contribution in [0.25, 0.3) is 0 Å². The van der Waals surface area contributed by atoms with Crippen molar-refractivity contribution in [3.05, 3.63) is 17.8 Å². The van der Waals surface area contributed by atoms with Gasteiger partial charge in [0.2, 0.25) is 0 Å². The van der Waals surface area contributed by atoms with Gasteiger partial charge in [0.05, 0.1) is 31.2 Å². The second-order valence-corrected chi connectivity index (χ2v) is 4.13. The Morgan fingerprint density at radius 1 is 1.61 bits per heavy atom. The van der Waals surface area contributed by atoms with Crippen LogP contribution in [0.1, 0.15) is 24.2 Å². The maximum Gasteiger partial charge on any atom is 0.340 e. The summed E-state index contributed by atoms with van der Waals surface area (Å²) < 4.78 is 4.66. The normalized spacial score (nSPS) is 10.5. The van der Waals surface area contributed by atoms with E-state index in [0.29, 0.717) is 12.4 Å². The Morgan fingerprint density at radius 3 is 2.78 bits per heavy atom. The van der Waals surface area contributed by atoms with Crippen molar-refractivity contribution in [1.29, 1.82) is 0 Å². The SMILES string of the molecule is COC(=O)c1cc(N(CCO)C(C)C)ncc1N. The van der Waals surface area contributed by atoms with Gasteiger partial charge < -0.3 is 20.5 Å². The smallest absolute Gasteiger partial charge is 0.340 e. The summed E-state index contributed by atoms with van der Waals surface area (Å²) in [5.74, 6) is 0.0949. The van der Waals surface area contributed by atoms with Crippen LogP contribution in [0.2, 0.25) is 0 Å². The Kier molecular flexibility index (Phi) is 4.91. The van der Waals surface area contributed by atoms with Crippen LogP contribution in [0.15, 0.2) is 12.3 Å². The third kappa shape index (κ3) is 3.10. The minimum absolute atomic E-state index is 0.0117. The van der Waals surface area contributed by atoms with E-state index in [1.54, 1.807) is 6.07 Å². The van der Waals surface area contributed by atoms with Crippen molar-refractivity contribution in [3.8, 4) is 0 Å². The zero-order valence-electron chi connectivity index (χ0n) is 10.9. The summed E-state index contributed by atoms with van der Waals surface area (Å²) in [4.78, 5) is 17.6. The monoisotopic (exact) mass is 253 g/mol. The molecule has 1 aromatic rings. The van der Waals surface area contributed by atoms with Crippen LogP contribution in [-0.4, -0.2) is 42.4 Å². The Labute approximate surface area is 106 Å². The Balaban J connectivity index is 3.13. The molecule has 0 fully saturated rings. The number of nitrogens with two attached hydrogens (primary N) is 1. The van der Waals surface area contributed by atoms with Gasteiger partial charge >= 0.3 is 5.97 Å². The van der Waals surface area contributed by atoms with Crippen LogP contribution in [0, 0.1) is 0 Å². The van der Waals surface area contributed by atoms with Crippen molar-refractivity contribution in [2.75, 3.05) is 30.9 Å². The predicted molar refractivity (Wildman–Crippen MR) is 69.6 cm³/mol. The lowest BCUT2D eigenvalue weighted by Gasteiger charge is -2.27. The number of carbonyl (C=O) groups excluding carboxylic acids is 1. The summed E-state index contributed by atoms with van der Waals surface area (Å²) in [6, 6.07) is 1.73. The Morgan fingerprint density at radius 2 is 2.28 bits per heavy atom. The van der Waals surface area contributed by atoms with Crippen molar-refractivity contribution in [1.82, 2.24) is 4.98 Å². The molecule has 0 radical (unpaired) electrons. The predicted octanol–water partition coefficient (Wildman–Crippen LogP) is 0.657. The molecule has 18 heavy (non-hydrogen) atoms. The summed E-state index contributed by atoms with van der Waals surface area (Å²) in [5.41, 5.74) is 6.24. The van der Waals surface area contributed by atoms with Gasteiger partial charge in [0.1, 0.15) is 5.82 Å². The zero-order valence-corrected chi connectivity index (χ0v) is 10.9. The topological polar surface area (TPSA) is 88.7 Å². The number of rotatable bonds is 5. The Bertz CT molecular complexity index is 421. The molecular formula is C12H19N3O3. The molecule has 6 nitrogen and oxygen atoms in total. The Hall–Kier alpha value is -1.82. The van der Waals surface area contributed by atoms with Gasteiger partial charge in [-0.1, -0.05) is 0 Å². The highest BCUT2D eigenvalue weighted by Gasteiger charge is 2.16. The third-order valence-electron chi connectivity index (χ3n) is 2.58. The molecule has 1 rings (SSSR count). The molecule has 3 N–H and O–H groups in total. The molecule has 0 aromatic carbocycles. The van der Waals surface area contributed by atoms with Crippen molar-refractivity contribution in [3.63, 3.8) is 0 Å². The number of nitrogens with zero attached hydrogens (tertiary/aromatic N) is 2. The number of aromatic nitrogens is 1. The van der Waals surface area contributed by atoms with Gasteiger partial charge in [-0.15, -0.1) is 0 Å². The second kappa shape index (κ2) is 6.20. The third-order valence-corrected chi connectivity index (χ3v) is 2.58. The number of methoxy groups -OCH3 is 1. The summed E-state index contributed by atoms with van der Waals surface area (Å²) in [6.45, 7) is 4.41. The lowest BCUT2D eigenvalue weighted by molar-refractivity contribution is 0.0602. The second-order valence-electron chi connectivity index (χ2n) is 4.13. The van der Waals surface area contributed by atoms with Crippen LogP contribution in [0.3, 0.4) is 0 Å². The molecule has 0 aliphatic carbocycles. The number of hydrogen-bond acceptors (Lipinski definition) is 6. The molecule has 6 heteroatoms. The van der Waals surface area contributed by atoms with E-state index in [1.807, 2.05) is 18.7 Å². The maximum absolute atomic E-state index is 11.5. The van der Waals surface area contributed by atoms with Gasteiger partial charge in [0, 0.05) is 12.6 Å². The van der Waals surface area contributed by atoms with E-state index in [4.69, 9.17) is 10.8 Å². The standard InChI is InChI=1S/C12H19N3O3/c1-8(2)15(4-5-16)11-6-9(12(17)18-3)10(13)7-14-11/h6-8,16H,4-5,13H2,1-3H3. The van der Waals surface area contributed by atoms with Gasteiger partial charge in [-0.05, 0) is 19.9 Å². The van der Waals surface area contributed by atoms with E-state index in [-0.39, 0.29) is 23.9 Å². The molecule has 100 valence electrons. The molecule has 1 aromatic heterocycles. The van der Waals surface area contributed by atoms with E-state index in [1.165, 1.54) is 13.3 Å². The first-order chi connectivity index (χ1) is 8.51. The number of hydrogen-bond donors (Lipinski definition) is 2. The largest absolute Gasteiger partial charge is 0.465 e. The average Bonchev–Trinajstić information content (AvgIpc) is 2.35. The van der Waals surface area contributed by atoms with Gasteiger partial charge in [0.15, 0.2) is 0 Å². The zero-order chi connectivity index (χ0) is 13.7. The minimum Gasteiger partial charge on any atom is -0.465 e. The van der Waals surface area contributed by atoms with Crippen molar-refractivity contribution < 1.29 is 14.6 Å². The molecule has 0 aliphatic rings. The fraction of sp³-hybridized carbons (Fsp3) is 0.500. The van der Waals surface area contributed by atoms with E-state index in [9.17, 15) is 4.79 Å². The fourth-order valence-electron chi connectivity index (χ4n) is 1.64. The molecule has 0 saturated carbocycles. The summed E-state index contributed by atoms with van der Waals surface area (Å²) >= 11 is 0. The number of carbonyl (C=O) groups is 1. The number of anilines is 2. The highest BCUT2D eigenvalue weighted by molar-refractivity contribution is 5.95. The molecule has 0 spiro atoms. The minimum atomic E-state index is -0.496. The quantitative estimate of drug-likeness (QED) is 0.749. The van der Waals surface area contributed by atoms with Gasteiger partial charge in [0.25, 0.3) is 0 Å². The van der Waals surface area contributed by atoms with Gasteiger partial charge in [-0.25, -0.2) is 9.78 Å². The summed E-state index contributed by atoms with van der Waals surface area (Å²) in [6.07, 6.45) is 1.42. The highest BCUT2D eigenvalue weighted by Crippen LogP contribution is 2.20. The van der Waals surface area contributed by atoms with Crippen molar-refractivity contribution in [2.24, 2.45) is 0 Å². The molecule has 0 saturated heterocycles. The van der Waals surface area contributed by atoms with Crippen LogP contribution in [0.5, 0.6) is 0 Å². The lowest BCUT2D eigenvalue weighted by Crippen LogP contribution is -2.34. The number of ether oxygens (including phenoxy) is 1. The molecule has 0 bridgehead atoms. The van der Waals surface area contributed by atoms with E-state index < -0.39 is 5.97 Å². The van der Waals surface area contributed by atoms with Crippen molar-refractivity contribution in [2.45, 2.75) is 19.9 Å². The first kappa shape index (κ1) is 14.2. The number of aliphatic hydroxyl groups is 1. The first-order valence-corrected chi connectivity index (χ1v) is 5.72. The van der Waals surface area contributed by atoms with Crippen LogP contribution < -0.4 is 10.6 Å². The summed E-state index contributed by atoms with van der Waals surface area (Å²) in [7, 11) is 1.30. The van der Waals surface area contributed by atoms with Gasteiger partial charge in [-0.3, -0.25) is 0 Å². The number of pyridine rings is 1. The maximum atomic E-state index is 11.5. The molecule has 0 atom stereocenters. The van der Waals surface area contributed by atoms with E-state index >= 15 is 0 Å². The molecular weight excluding hydrogens is 234 g/mol. The lowest BCUT2D eigenvalue weighted by atomic mass is 10.2. The van der Waals surface area contributed by atoms with E-state index in [0.717, 1.165) is 0 Å². The molecule has 0 aliphatic heterocycles. The molecule has 1 heterocycles. The van der Waals surface area contributed by atoms with Gasteiger partial charge in [-0.2, -0.15) is 0 Å². The number of aliphatic hydroxyl groups excluding tert-OH is 1.